The van der Waals surface area contributed by atoms with Gasteiger partial charge in [-0.25, -0.2) is 20.6 Å². The van der Waals surface area contributed by atoms with Gasteiger partial charge in [0, 0.05) is 69.2 Å². The molecule has 3 aromatic rings. The molecule has 51 heavy (non-hydrogen) atoms. The predicted molar refractivity (Wildman–Crippen MR) is 187 cm³/mol. The number of fused-ring (bicyclic) bond motifs is 1. The van der Waals surface area contributed by atoms with Crippen molar-refractivity contribution >= 4 is 46.5 Å². The van der Waals surface area contributed by atoms with Gasteiger partial charge < -0.3 is 52.7 Å². The Morgan fingerprint density at radius 3 is 2.45 bits per heavy atom. The highest BCUT2D eigenvalue weighted by molar-refractivity contribution is 5.94. The number of amides is 3. The van der Waals surface area contributed by atoms with E-state index in [1.165, 1.54) is 11.2 Å². The summed E-state index contributed by atoms with van der Waals surface area (Å²) in [6.07, 6.45) is 5.19. The summed E-state index contributed by atoms with van der Waals surface area (Å²) in [7, 11) is 1.59. The Balaban J connectivity index is 1.29. The molecule has 1 atom stereocenters. The third-order valence-corrected chi connectivity index (χ3v) is 7.33. The Morgan fingerprint density at radius 1 is 0.980 bits per heavy atom. The lowest BCUT2D eigenvalue weighted by molar-refractivity contribution is -0.142. The van der Waals surface area contributed by atoms with Crippen molar-refractivity contribution in [1.29, 1.82) is 0 Å². The second-order valence-corrected chi connectivity index (χ2v) is 11.5. The monoisotopic (exact) mass is 710 g/mol. The van der Waals surface area contributed by atoms with Gasteiger partial charge in [-0.05, 0) is 49.9 Å². The summed E-state index contributed by atoms with van der Waals surface area (Å²) in [6, 6.07) is 5.45. The van der Waals surface area contributed by atoms with Crippen molar-refractivity contribution in [3.63, 3.8) is 0 Å². The Bertz CT molecular complexity index is 1660. The van der Waals surface area contributed by atoms with Crippen LogP contribution in [0.2, 0.25) is 0 Å². The minimum Gasteiger partial charge on any atom is -0.492 e. The molecule has 3 amide bonds. The molecule has 0 saturated heterocycles. The number of nitrogen functional groups attached to an aromatic ring is 1. The van der Waals surface area contributed by atoms with Crippen LogP contribution in [-0.2, 0) is 25.7 Å². The number of benzene rings is 1. The van der Waals surface area contributed by atoms with Gasteiger partial charge in [-0.1, -0.05) is 0 Å². The molecule has 12 N–H and O–H groups in total. The Kier molecular flexibility index (Phi) is 16.0. The normalized spacial score (nSPS) is 11.8. The summed E-state index contributed by atoms with van der Waals surface area (Å²) in [6.45, 7) is 1.90. The van der Waals surface area contributed by atoms with Gasteiger partial charge in [0.05, 0.1) is 25.0 Å². The average Bonchev–Trinajstić information content (AvgIpc) is 3.10. The zero-order valence-electron chi connectivity index (χ0n) is 28.4. The van der Waals surface area contributed by atoms with Crippen LogP contribution in [0.15, 0.2) is 42.4 Å². The standard InChI is InChI=1S/C32H46N12O7/c1-51-16-12-21(33)19-44(35)15-3-2-13-36-25(45)11-10-24(31(49)50)41-26(46)5-4-14-37-29(47)20-6-8-22(9-7-20)38-17-23-18-39-28-27(40-23)30(48)43-32(34)42-28/h6-9,18-19,24,38H,2-5,10-17,33,35H2,1H3,(H,36,45)(H,37,47)(H,41,46)(H,49,50)(H3,34,39,42,43,48)/b21-19-. The molecule has 0 aliphatic rings. The maximum Gasteiger partial charge on any atom is 0.326 e. The molecule has 0 fully saturated rings. The third-order valence-electron chi connectivity index (χ3n) is 7.33. The second kappa shape index (κ2) is 20.6. The number of carboxylic acid groups (broad SMARTS) is 1. The number of nitrogens with one attached hydrogen (secondary N) is 4. The lowest BCUT2D eigenvalue weighted by Crippen LogP contribution is -2.41. The Morgan fingerprint density at radius 2 is 1.73 bits per heavy atom. The van der Waals surface area contributed by atoms with Gasteiger partial charge in [-0.2, -0.15) is 9.97 Å². The van der Waals surface area contributed by atoms with Crippen LogP contribution >= 0.6 is 0 Å². The van der Waals surface area contributed by atoms with Gasteiger partial charge in [0.15, 0.2) is 11.2 Å². The van der Waals surface area contributed by atoms with Gasteiger partial charge in [-0.3, -0.25) is 14.4 Å². The predicted octanol–water partition coefficient (Wildman–Crippen LogP) is 0.0880. The van der Waals surface area contributed by atoms with Crippen LogP contribution < -0.4 is 38.6 Å². The molecule has 276 valence electrons. The van der Waals surface area contributed by atoms with Crippen molar-refractivity contribution in [2.24, 2.45) is 11.6 Å². The molecule has 0 aliphatic carbocycles. The number of hydrogen-bond acceptors (Lipinski definition) is 15. The molecule has 0 saturated carbocycles. The van der Waals surface area contributed by atoms with Crippen molar-refractivity contribution in [3.05, 3.63) is 53.6 Å². The van der Waals surface area contributed by atoms with Gasteiger partial charge in [0.25, 0.3) is 5.91 Å². The van der Waals surface area contributed by atoms with E-state index in [1.54, 1.807) is 37.6 Å². The first-order chi connectivity index (χ1) is 24.4. The average molecular weight is 711 g/mol. The number of hydrazine groups is 1. The van der Waals surface area contributed by atoms with Crippen LogP contribution in [0, 0.1) is 0 Å². The molecule has 0 aliphatic heterocycles. The molecular weight excluding hydrogens is 664 g/mol. The number of carboxylic acids is 1. The number of nitrogens with zero attached hydrogens (tertiary/aromatic N) is 5. The minimum atomic E-state index is -1.24. The van der Waals surface area contributed by atoms with E-state index in [0.717, 1.165) is 0 Å². The van der Waals surface area contributed by atoms with Gasteiger partial charge in [0.1, 0.15) is 6.04 Å². The fourth-order valence-electron chi connectivity index (χ4n) is 4.61. The summed E-state index contributed by atoms with van der Waals surface area (Å²) >= 11 is 0. The highest BCUT2D eigenvalue weighted by atomic mass is 16.5. The fraction of sp³-hybridized carbons (Fsp3) is 0.438. The summed E-state index contributed by atoms with van der Waals surface area (Å²) in [5, 5.41) is 32.0. The number of carbonyl (C=O) groups is 4. The van der Waals surface area contributed by atoms with E-state index in [0.29, 0.717) is 61.6 Å². The maximum atomic E-state index is 12.6. The first-order valence-corrected chi connectivity index (χ1v) is 16.3. The summed E-state index contributed by atoms with van der Waals surface area (Å²) in [5.74, 6) is 3.00. The van der Waals surface area contributed by atoms with Crippen LogP contribution in [0.25, 0.3) is 11.2 Å². The number of carbonyl (C=O) groups excluding carboxylic acids is 3. The van der Waals surface area contributed by atoms with Gasteiger partial charge in [-0.15, -0.1) is 0 Å². The van der Waals surface area contributed by atoms with Crippen LogP contribution in [0.5, 0.6) is 5.88 Å². The molecule has 2 heterocycles. The zero-order valence-corrected chi connectivity index (χ0v) is 28.4. The van der Waals surface area contributed by atoms with E-state index in [9.17, 15) is 29.4 Å². The van der Waals surface area contributed by atoms with Crippen molar-refractivity contribution in [3.8, 4) is 5.88 Å². The summed E-state index contributed by atoms with van der Waals surface area (Å²) in [5.41, 5.74) is 13.9. The van der Waals surface area contributed by atoms with E-state index in [4.69, 9.17) is 22.0 Å². The lowest BCUT2D eigenvalue weighted by atomic mass is 10.1. The van der Waals surface area contributed by atoms with E-state index in [1.807, 2.05) is 0 Å². The maximum absolute atomic E-state index is 12.6. The quantitative estimate of drug-likeness (QED) is 0.0379. The topological polar surface area (TPSA) is 299 Å². The number of hydrogen-bond donors (Lipinski definition) is 9. The van der Waals surface area contributed by atoms with Crippen LogP contribution in [0.1, 0.15) is 61.0 Å². The van der Waals surface area contributed by atoms with E-state index < -0.39 is 17.9 Å². The number of unbranched alkanes of at least 4 members (excludes halogenated alkanes) is 1. The number of aromatic nitrogens is 4. The van der Waals surface area contributed by atoms with E-state index in [-0.39, 0.29) is 73.6 Å². The summed E-state index contributed by atoms with van der Waals surface area (Å²) in [4.78, 5) is 64.8. The number of rotatable bonds is 22. The molecule has 1 unspecified atom stereocenters. The largest absolute Gasteiger partial charge is 0.492 e. The fourth-order valence-corrected chi connectivity index (χ4v) is 4.61. The molecule has 2 aromatic heterocycles. The summed E-state index contributed by atoms with van der Waals surface area (Å²) < 4.78 is 4.96. The van der Waals surface area contributed by atoms with Crippen LogP contribution in [0.3, 0.4) is 0 Å². The van der Waals surface area contributed by atoms with Crippen LogP contribution in [-0.4, -0.2) is 98.2 Å². The van der Waals surface area contributed by atoms with Gasteiger partial charge >= 0.3 is 5.97 Å². The lowest BCUT2D eigenvalue weighted by Gasteiger charge is -2.16. The molecular formula is C32H46N12O7. The first kappa shape index (κ1) is 39.6. The number of aliphatic carboxylic acids is 1. The molecule has 3 rings (SSSR count). The van der Waals surface area contributed by atoms with Crippen molar-refractivity contribution in [1.82, 2.24) is 40.9 Å². The zero-order chi connectivity index (χ0) is 37.2. The number of aromatic hydroxyl groups is 1. The first-order valence-electron chi connectivity index (χ1n) is 16.3. The van der Waals surface area contributed by atoms with E-state index in [2.05, 4.69) is 41.2 Å². The molecule has 19 heteroatoms. The Hall–Kier alpha value is -5.82. The smallest absolute Gasteiger partial charge is 0.326 e. The molecule has 1 aromatic carbocycles. The van der Waals surface area contributed by atoms with Crippen molar-refractivity contribution in [2.75, 3.05) is 44.4 Å². The molecule has 19 nitrogen and oxygen atoms in total. The highest BCUT2D eigenvalue weighted by Gasteiger charge is 2.21. The van der Waals surface area contributed by atoms with Crippen molar-refractivity contribution in [2.45, 2.75) is 57.5 Å². The second-order valence-electron chi connectivity index (χ2n) is 11.5. The molecule has 0 bridgehead atoms. The van der Waals surface area contributed by atoms with E-state index >= 15 is 0 Å². The SMILES string of the molecule is COCC/C(N)=C/N(N)CCCCNC(=O)CCC(NC(=O)CCCNC(=O)c1ccc(NCc2cnc3nc(N)nc(O)c3n2)cc1)C(=O)O. The number of ether oxygens (including phenoxy) is 1. The van der Waals surface area contributed by atoms with Gasteiger partial charge in [0.2, 0.25) is 23.6 Å². The van der Waals surface area contributed by atoms with Crippen molar-refractivity contribution < 1.29 is 34.1 Å². The number of methoxy groups -OCH3 is 1. The molecule has 0 spiro atoms. The minimum absolute atomic E-state index is 0.0144. The number of anilines is 2. The highest BCUT2D eigenvalue weighted by Crippen LogP contribution is 2.19. The van der Waals surface area contributed by atoms with Crippen LogP contribution in [0.4, 0.5) is 11.6 Å². The Labute approximate surface area is 294 Å². The molecule has 0 radical (unpaired) electrons. The third kappa shape index (κ3) is 14.3. The number of nitrogens with two attached hydrogens (primary N) is 3.